The van der Waals surface area contributed by atoms with E-state index in [2.05, 4.69) is 15.1 Å². The van der Waals surface area contributed by atoms with Gasteiger partial charge < -0.3 is 4.74 Å². The monoisotopic (exact) mass is 648 g/mol. The van der Waals surface area contributed by atoms with Crippen LogP contribution in [0.3, 0.4) is 0 Å². The first-order chi connectivity index (χ1) is 23.3. The average molecular weight is 648 g/mol. The molecule has 7 saturated carbocycles. The molecule has 9 aliphatic rings. The van der Waals surface area contributed by atoms with Crippen LogP contribution < -0.4 is 5.32 Å². The van der Waals surface area contributed by atoms with E-state index in [1.165, 1.54) is 173 Å². The first-order valence-electron chi connectivity index (χ1n) is 22.3. The van der Waals surface area contributed by atoms with Crippen LogP contribution in [0, 0.1) is 29.6 Å². The van der Waals surface area contributed by atoms with Crippen molar-refractivity contribution in [2.45, 2.75) is 241 Å². The molecule has 4 heteroatoms. The van der Waals surface area contributed by atoms with Crippen molar-refractivity contribution < 1.29 is 4.74 Å². The molecule has 2 heterocycles. The Labute approximate surface area is 289 Å². The molecule has 1 N–H and O–H groups in total. The molecule has 8 unspecified atom stereocenters. The highest BCUT2D eigenvalue weighted by molar-refractivity contribution is 5.08. The number of likely N-dealkylation sites (tertiary alicyclic amines) is 1. The minimum Gasteiger partial charge on any atom is -0.358 e. The molecule has 9 rings (SSSR count). The summed E-state index contributed by atoms with van der Waals surface area (Å²) in [4.78, 5) is 6.56. The third-order valence-corrected chi connectivity index (χ3v) is 16.8. The lowest BCUT2D eigenvalue weighted by molar-refractivity contribution is -0.0245. The summed E-state index contributed by atoms with van der Waals surface area (Å²) in [6.07, 6.45) is 44.0. The second-order valence-corrected chi connectivity index (χ2v) is 19.1. The molecule has 0 aromatic heterocycles. The summed E-state index contributed by atoms with van der Waals surface area (Å²) in [5.41, 5.74) is 0. The van der Waals surface area contributed by atoms with Gasteiger partial charge in [0.2, 0.25) is 0 Å². The Morgan fingerprint density at radius 1 is 0.447 bits per heavy atom. The SMILES string of the molecule is C1CCC(N(C2CCCCC2)C2CCC3C(C2)C2CCCCC2N3C2CCC(C3CCC(C4NC5CCCCC5O4)CC3)CC2)CC1. The van der Waals surface area contributed by atoms with Gasteiger partial charge in [-0.2, -0.15) is 0 Å². The summed E-state index contributed by atoms with van der Waals surface area (Å²) in [5.74, 6) is 4.84. The fourth-order valence-electron chi connectivity index (χ4n) is 14.6. The Morgan fingerprint density at radius 3 is 1.72 bits per heavy atom. The van der Waals surface area contributed by atoms with Crippen LogP contribution >= 0.6 is 0 Å². The Kier molecular flexibility index (Phi) is 10.3. The van der Waals surface area contributed by atoms with Gasteiger partial charge in [-0.25, -0.2) is 0 Å². The molecular weight excluding hydrogens is 574 g/mol. The van der Waals surface area contributed by atoms with Gasteiger partial charge in [-0.05, 0) is 152 Å². The second-order valence-electron chi connectivity index (χ2n) is 19.1. The molecule has 9 fully saturated rings. The number of hydrogen-bond acceptors (Lipinski definition) is 4. The van der Waals surface area contributed by atoms with E-state index in [0.29, 0.717) is 18.4 Å². The quantitative estimate of drug-likeness (QED) is 0.311. The summed E-state index contributed by atoms with van der Waals surface area (Å²) in [7, 11) is 0. The minimum absolute atomic E-state index is 0.374. The van der Waals surface area contributed by atoms with Crippen molar-refractivity contribution in [3.8, 4) is 0 Å². The zero-order valence-corrected chi connectivity index (χ0v) is 30.4. The van der Waals surface area contributed by atoms with Crippen molar-refractivity contribution in [3.63, 3.8) is 0 Å². The van der Waals surface area contributed by atoms with E-state index in [-0.39, 0.29) is 0 Å². The van der Waals surface area contributed by atoms with E-state index < -0.39 is 0 Å². The third-order valence-electron chi connectivity index (χ3n) is 16.8. The van der Waals surface area contributed by atoms with Crippen molar-refractivity contribution in [3.05, 3.63) is 0 Å². The summed E-state index contributed by atoms with van der Waals surface area (Å²) in [5, 5.41) is 3.95. The van der Waals surface area contributed by atoms with Crippen LogP contribution in [0.5, 0.6) is 0 Å². The van der Waals surface area contributed by atoms with Crippen LogP contribution in [-0.2, 0) is 4.74 Å². The Morgan fingerprint density at radius 2 is 1.02 bits per heavy atom. The molecule has 2 saturated heterocycles. The van der Waals surface area contributed by atoms with Crippen LogP contribution in [0.15, 0.2) is 0 Å². The molecular formula is C43H73N3O. The molecule has 0 bridgehead atoms. The van der Waals surface area contributed by atoms with Gasteiger partial charge in [0, 0.05) is 42.3 Å². The lowest BCUT2D eigenvalue weighted by Gasteiger charge is -2.50. The predicted octanol–water partition coefficient (Wildman–Crippen LogP) is 9.99. The summed E-state index contributed by atoms with van der Waals surface area (Å²) < 4.78 is 6.60. The van der Waals surface area contributed by atoms with Crippen molar-refractivity contribution in [1.82, 2.24) is 15.1 Å². The number of hydrogen-bond donors (Lipinski definition) is 1. The van der Waals surface area contributed by atoms with Gasteiger partial charge in [0.05, 0.1) is 6.10 Å². The van der Waals surface area contributed by atoms with Gasteiger partial charge in [-0.15, -0.1) is 0 Å². The first-order valence-corrected chi connectivity index (χ1v) is 22.3. The van der Waals surface area contributed by atoms with E-state index in [4.69, 9.17) is 4.74 Å². The normalized spacial score (nSPS) is 47.4. The number of nitrogens with zero attached hydrogens (tertiary/aromatic N) is 2. The molecule has 266 valence electrons. The number of rotatable bonds is 6. The van der Waals surface area contributed by atoms with Crippen LogP contribution in [0.1, 0.15) is 186 Å². The van der Waals surface area contributed by atoms with E-state index >= 15 is 0 Å². The molecule has 0 radical (unpaired) electrons. The van der Waals surface area contributed by atoms with E-state index in [1.807, 2.05) is 0 Å². The Balaban J connectivity index is 0.817. The molecule has 0 spiro atoms. The number of nitrogens with one attached hydrogen (secondary N) is 1. The Bertz CT molecular complexity index is 959. The topological polar surface area (TPSA) is 27.7 Å². The first kappa shape index (κ1) is 32.7. The molecule has 4 nitrogen and oxygen atoms in total. The van der Waals surface area contributed by atoms with Gasteiger partial charge in [0.1, 0.15) is 6.23 Å². The second kappa shape index (κ2) is 14.8. The highest BCUT2D eigenvalue weighted by atomic mass is 16.5. The highest BCUT2D eigenvalue weighted by Crippen LogP contribution is 2.53. The molecule has 0 aromatic carbocycles. The van der Waals surface area contributed by atoms with Crippen LogP contribution in [-0.4, -0.2) is 64.4 Å². The van der Waals surface area contributed by atoms with E-state index in [0.717, 1.165) is 65.8 Å². The maximum atomic E-state index is 6.60. The summed E-state index contributed by atoms with van der Waals surface area (Å²) in [6.45, 7) is 0. The molecule has 2 aliphatic heterocycles. The zero-order valence-electron chi connectivity index (χ0n) is 30.4. The lowest BCUT2D eigenvalue weighted by Crippen LogP contribution is -2.55. The van der Waals surface area contributed by atoms with Crippen molar-refractivity contribution >= 4 is 0 Å². The molecule has 7 aliphatic carbocycles. The summed E-state index contributed by atoms with van der Waals surface area (Å²) in [6, 6.07) is 6.19. The van der Waals surface area contributed by atoms with Crippen LogP contribution in [0.4, 0.5) is 0 Å². The van der Waals surface area contributed by atoms with Crippen LogP contribution in [0.2, 0.25) is 0 Å². The fourth-order valence-corrected chi connectivity index (χ4v) is 14.6. The van der Waals surface area contributed by atoms with Crippen LogP contribution in [0.25, 0.3) is 0 Å². The van der Waals surface area contributed by atoms with Gasteiger partial charge >= 0.3 is 0 Å². The minimum atomic E-state index is 0.374. The van der Waals surface area contributed by atoms with E-state index in [1.54, 1.807) is 12.8 Å². The number of ether oxygens (including phenoxy) is 1. The largest absolute Gasteiger partial charge is 0.358 e. The van der Waals surface area contributed by atoms with Crippen molar-refractivity contribution in [2.75, 3.05) is 0 Å². The smallest absolute Gasteiger partial charge is 0.111 e. The van der Waals surface area contributed by atoms with Gasteiger partial charge in [-0.1, -0.05) is 64.2 Å². The average Bonchev–Trinajstić information content (AvgIpc) is 3.72. The highest BCUT2D eigenvalue weighted by Gasteiger charge is 2.54. The third kappa shape index (κ3) is 6.68. The van der Waals surface area contributed by atoms with Crippen molar-refractivity contribution in [2.24, 2.45) is 29.6 Å². The van der Waals surface area contributed by atoms with E-state index in [9.17, 15) is 0 Å². The molecule has 0 amide bonds. The maximum absolute atomic E-state index is 6.60. The molecule has 47 heavy (non-hydrogen) atoms. The summed E-state index contributed by atoms with van der Waals surface area (Å²) >= 11 is 0. The molecule has 0 aromatic rings. The predicted molar refractivity (Wildman–Crippen MR) is 193 cm³/mol. The molecule has 8 atom stereocenters. The lowest BCUT2D eigenvalue weighted by atomic mass is 9.69. The van der Waals surface area contributed by atoms with Crippen molar-refractivity contribution in [1.29, 1.82) is 0 Å². The fraction of sp³-hybridized carbons (Fsp3) is 1.00. The van der Waals surface area contributed by atoms with Gasteiger partial charge in [0.25, 0.3) is 0 Å². The Hall–Kier alpha value is -0.160. The number of fused-ring (bicyclic) bond motifs is 4. The standard InChI is InChI=1S/C43H73N3O/c1-3-11-33(12-4-1)45(34-13-5-2-6-14-34)36-27-28-41-38(29-36)37-15-7-9-17-40(37)46(41)35-25-23-31(24-26-35)30-19-21-32(22-20-30)43-44-39-16-8-10-18-42(39)47-43/h30-44H,1-29H2. The zero-order chi connectivity index (χ0) is 31.2. The van der Waals surface area contributed by atoms with Gasteiger partial charge in [0.15, 0.2) is 0 Å². The maximum Gasteiger partial charge on any atom is 0.111 e. The van der Waals surface area contributed by atoms with Gasteiger partial charge in [-0.3, -0.25) is 15.1 Å².